The number of ether oxygens (including phenoxy) is 1. The monoisotopic (exact) mass is 406 g/mol. The van der Waals surface area contributed by atoms with Crippen LogP contribution in [0.25, 0.3) is 5.65 Å². The van der Waals surface area contributed by atoms with Crippen LogP contribution in [0.5, 0.6) is 0 Å². The van der Waals surface area contributed by atoms with E-state index in [0.29, 0.717) is 11.3 Å². The highest BCUT2D eigenvalue weighted by Gasteiger charge is 2.21. The molecule has 30 heavy (non-hydrogen) atoms. The van der Waals surface area contributed by atoms with E-state index < -0.39 is 12.1 Å². The number of anilines is 2. The van der Waals surface area contributed by atoms with Crippen LogP contribution >= 0.6 is 0 Å². The topological polar surface area (TPSA) is 75.9 Å². The summed E-state index contributed by atoms with van der Waals surface area (Å²) in [4.78, 5) is 31.5. The van der Waals surface area contributed by atoms with Gasteiger partial charge >= 0.3 is 5.97 Å². The van der Waals surface area contributed by atoms with Gasteiger partial charge in [0, 0.05) is 36.4 Å². The van der Waals surface area contributed by atoms with Gasteiger partial charge in [0.1, 0.15) is 5.65 Å². The molecular formula is C23H26N4O3. The van der Waals surface area contributed by atoms with Crippen molar-refractivity contribution in [3.63, 3.8) is 0 Å². The second-order valence-electron chi connectivity index (χ2n) is 7.65. The molecule has 1 aromatic carbocycles. The number of nitrogens with zero attached hydrogens (tertiary/aromatic N) is 3. The van der Waals surface area contributed by atoms with Crippen LogP contribution in [-0.4, -0.2) is 40.5 Å². The van der Waals surface area contributed by atoms with Crippen LogP contribution in [0.15, 0.2) is 48.7 Å². The molecule has 1 N–H and O–H groups in total. The van der Waals surface area contributed by atoms with E-state index in [2.05, 4.69) is 15.2 Å². The molecular weight excluding hydrogens is 380 g/mol. The molecule has 1 fully saturated rings. The molecule has 0 aliphatic carbocycles. The Morgan fingerprint density at radius 2 is 1.80 bits per heavy atom. The number of benzene rings is 1. The third-order valence-electron chi connectivity index (χ3n) is 5.41. The maximum absolute atomic E-state index is 12.5. The highest BCUT2D eigenvalue weighted by atomic mass is 16.5. The van der Waals surface area contributed by atoms with Gasteiger partial charge in [-0.1, -0.05) is 6.07 Å². The van der Waals surface area contributed by atoms with Crippen LogP contribution in [0, 0.1) is 6.92 Å². The van der Waals surface area contributed by atoms with Crippen LogP contribution in [0.3, 0.4) is 0 Å². The number of amides is 1. The number of aryl methyl sites for hydroxylation is 1. The van der Waals surface area contributed by atoms with Crippen molar-refractivity contribution in [1.82, 2.24) is 9.38 Å². The Labute approximate surface area is 175 Å². The van der Waals surface area contributed by atoms with Crippen LogP contribution in [-0.2, 0) is 9.53 Å². The van der Waals surface area contributed by atoms with Crippen LogP contribution in [0.1, 0.15) is 42.4 Å². The number of imidazole rings is 1. The Kier molecular flexibility index (Phi) is 5.70. The number of fused-ring (bicyclic) bond motifs is 1. The fourth-order valence-electron chi connectivity index (χ4n) is 3.67. The molecule has 7 heteroatoms. The summed E-state index contributed by atoms with van der Waals surface area (Å²) in [6.07, 6.45) is 4.40. The third kappa shape index (κ3) is 4.30. The number of pyridine rings is 1. The largest absolute Gasteiger partial charge is 0.448 e. The van der Waals surface area contributed by atoms with E-state index in [9.17, 15) is 9.59 Å². The van der Waals surface area contributed by atoms with Crippen molar-refractivity contribution in [3.8, 4) is 0 Å². The van der Waals surface area contributed by atoms with Gasteiger partial charge in [0.15, 0.2) is 11.8 Å². The molecule has 4 rings (SSSR count). The van der Waals surface area contributed by atoms with Gasteiger partial charge in [-0.2, -0.15) is 0 Å². The molecule has 156 valence electrons. The van der Waals surface area contributed by atoms with Gasteiger partial charge < -0.3 is 19.4 Å². The zero-order chi connectivity index (χ0) is 21.1. The normalized spacial score (nSPS) is 15.1. The Morgan fingerprint density at radius 3 is 2.50 bits per heavy atom. The Balaban J connectivity index is 1.36. The summed E-state index contributed by atoms with van der Waals surface area (Å²) in [6.45, 7) is 5.62. The summed E-state index contributed by atoms with van der Waals surface area (Å²) >= 11 is 0. The summed E-state index contributed by atoms with van der Waals surface area (Å²) in [7, 11) is 0. The fraction of sp³-hybridized carbons (Fsp3) is 0.348. The lowest BCUT2D eigenvalue weighted by atomic mass is 10.1. The van der Waals surface area contributed by atoms with E-state index in [-0.39, 0.29) is 11.6 Å². The summed E-state index contributed by atoms with van der Waals surface area (Å²) in [6, 6.07) is 13.4. The fourth-order valence-corrected chi connectivity index (χ4v) is 3.67. The van der Waals surface area contributed by atoms with E-state index in [1.165, 1.54) is 19.3 Å². The number of piperidine rings is 1. The minimum absolute atomic E-state index is 0.176. The maximum atomic E-state index is 12.5. The van der Waals surface area contributed by atoms with Crippen LogP contribution < -0.4 is 10.2 Å². The van der Waals surface area contributed by atoms with Crippen molar-refractivity contribution in [2.45, 2.75) is 39.2 Å². The summed E-state index contributed by atoms with van der Waals surface area (Å²) in [5, 5.41) is 2.80. The zero-order valence-corrected chi connectivity index (χ0v) is 17.3. The van der Waals surface area contributed by atoms with Gasteiger partial charge in [0.25, 0.3) is 5.91 Å². The van der Waals surface area contributed by atoms with Crippen molar-refractivity contribution in [2.24, 2.45) is 0 Å². The highest BCUT2D eigenvalue weighted by Crippen LogP contribution is 2.22. The van der Waals surface area contributed by atoms with Gasteiger partial charge in [-0.25, -0.2) is 9.78 Å². The van der Waals surface area contributed by atoms with Gasteiger partial charge in [-0.15, -0.1) is 0 Å². The number of carbonyl (C=O) groups is 2. The van der Waals surface area contributed by atoms with Gasteiger partial charge in [0.2, 0.25) is 0 Å². The molecule has 1 saturated heterocycles. The summed E-state index contributed by atoms with van der Waals surface area (Å²) in [5.74, 6) is -1.00. The predicted octanol–water partition coefficient (Wildman–Crippen LogP) is 3.82. The molecule has 0 saturated carbocycles. The Bertz CT molecular complexity index is 1050. The van der Waals surface area contributed by atoms with E-state index >= 15 is 0 Å². The SMILES string of the molecule is Cc1cccc2nc(C(=O)OC(C)C(=O)Nc3ccc(N4CCCCC4)cc3)cn12. The van der Waals surface area contributed by atoms with E-state index in [0.717, 1.165) is 24.5 Å². The molecule has 0 bridgehead atoms. The third-order valence-corrected chi connectivity index (χ3v) is 5.41. The van der Waals surface area contributed by atoms with Crippen molar-refractivity contribution in [1.29, 1.82) is 0 Å². The van der Waals surface area contributed by atoms with Gasteiger partial charge in [-0.05, 0) is 69.5 Å². The molecule has 0 radical (unpaired) electrons. The van der Waals surface area contributed by atoms with Crippen LogP contribution in [0.2, 0.25) is 0 Å². The van der Waals surface area contributed by atoms with Crippen molar-refractivity contribution < 1.29 is 14.3 Å². The number of nitrogens with one attached hydrogen (secondary N) is 1. The average Bonchev–Trinajstić information content (AvgIpc) is 3.21. The number of esters is 1. The number of carbonyl (C=O) groups excluding carboxylic acids is 2. The molecule has 1 amide bonds. The Hall–Kier alpha value is -3.35. The molecule has 3 heterocycles. The first-order chi connectivity index (χ1) is 14.5. The highest BCUT2D eigenvalue weighted by molar-refractivity contribution is 5.97. The van der Waals surface area contributed by atoms with Gasteiger partial charge in [0.05, 0.1) is 0 Å². The van der Waals surface area contributed by atoms with E-state index in [4.69, 9.17) is 4.74 Å². The summed E-state index contributed by atoms with van der Waals surface area (Å²) in [5.41, 5.74) is 3.63. The molecule has 2 aromatic heterocycles. The molecule has 1 aliphatic rings. The molecule has 1 atom stereocenters. The van der Waals surface area contributed by atoms with Crippen molar-refractivity contribution >= 4 is 28.9 Å². The van der Waals surface area contributed by atoms with Crippen molar-refractivity contribution in [3.05, 3.63) is 60.0 Å². The first-order valence-electron chi connectivity index (χ1n) is 10.3. The molecule has 0 spiro atoms. The quantitative estimate of drug-likeness (QED) is 0.652. The first-order valence-corrected chi connectivity index (χ1v) is 10.3. The number of rotatable bonds is 5. The van der Waals surface area contributed by atoms with E-state index in [1.807, 2.05) is 53.8 Å². The lowest BCUT2D eigenvalue weighted by molar-refractivity contribution is -0.123. The Morgan fingerprint density at radius 1 is 1.07 bits per heavy atom. The molecule has 1 aliphatic heterocycles. The zero-order valence-electron chi connectivity index (χ0n) is 17.3. The van der Waals surface area contributed by atoms with Crippen LogP contribution in [0.4, 0.5) is 11.4 Å². The lowest BCUT2D eigenvalue weighted by Crippen LogP contribution is -2.30. The van der Waals surface area contributed by atoms with E-state index in [1.54, 1.807) is 13.1 Å². The minimum atomic E-state index is -0.940. The second kappa shape index (κ2) is 8.57. The summed E-state index contributed by atoms with van der Waals surface area (Å²) < 4.78 is 7.13. The smallest absolute Gasteiger partial charge is 0.359 e. The number of aromatic nitrogens is 2. The van der Waals surface area contributed by atoms with Gasteiger partial charge in [-0.3, -0.25) is 4.79 Å². The van der Waals surface area contributed by atoms with Crippen molar-refractivity contribution in [2.75, 3.05) is 23.3 Å². The minimum Gasteiger partial charge on any atom is -0.448 e. The number of hydrogen-bond donors (Lipinski definition) is 1. The lowest BCUT2D eigenvalue weighted by Gasteiger charge is -2.28. The first kappa shape index (κ1) is 19.9. The second-order valence-corrected chi connectivity index (χ2v) is 7.65. The molecule has 7 nitrogen and oxygen atoms in total. The maximum Gasteiger partial charge on any atom is 0.359 e. The predicted molar refractivity (Wildman–Crippen MR) is 116 cm³/mol. The molecule has 3 aromatic rings. The average molecular weight is 406 g/mol. The standard InChI is InChI=1S/C23H26N4O3/c1-16-7-6-8-21-25-20(15-27(16)21)23(29)30-17(2)22(28)24-18-9-11-19(12-10-18)26-13-4-3-5-14-26/h6-12,15,17H,3-5,13-14H2,1-2H3,(H,24,28). The number of hydrogen-bond acceptors (Lipinski definition) is 5. The molecule has 1 unspecified atom stereocenters.